The summed E-state index contributed by atoms with van der Waals surface area (Å²) in [5.74, 6) is 0. The first-order valence-corrected chi connectivity index (χ1v) is 9.73. The average molecular weight is 352 g/mol. The van der Waals surface area contributed by atoms with Crippen LogP contribution in [0.4, 0.5) is 0 Å². The van der Waals surface area contributed by atoms with E-state index in [1.54, 1.807) is 0 Å². The van der Waals surface area contributed by atoms with Crippen LogP contribution in [0.2, 0.25) is 0 Å². The van der Waals surface area contributed by atoms with Gasteiger partial charge < -0.3 is 0 Å². The second-order valence-electron chi connectivity index (χ2n) is 6.71. The molecule has 25 heavy (non-hydrogen) atoms. The second kappa shape index (κ2) is 5.14. The van der Waals surface area contributed by atoms with Crippen molar-refractivity contribution in [3.8, 4) is 0 Å². The zero-order valence-corrected chi connectivity index (χ0v) is 14.2. The first kappa shape index (κ1) is 15.1. The molecule has 4 nitrogen and oxygen atoms in total. The van der Waals surface area contributed by atoms with E-state index in [4.69, 9.17) is 4.18 Å². The summed E-state index contributed by atoms with van der Waals surface area (Å²) in [6, 6.07) is 16.7. The molecule has 0 aromatic heterocycles. The van der Waals surface area contributed by atoms with Gasteiger partial charge in [-0.2, -0.15) is 8.42 Å². The van der Waals surface area contributed by atoms with Crippen LogP contribution in [0.15, 0.2) is 48.5 Å². The molecule has 1 atom stereocenters. The normalized spacial score (nSPS) is 18.2. The number of hydrogen-bond acceptors (Lipinski definition) is 3. The Morgan fingerprint density at radius 1 is 0.960 bits per heavy atom. The number of hydrogen-bond donors (Lipinski definition) is 1. The number of aryl methyl sites for hydroxylation is 1. The van der Waals surface area contributed by atoms with E-state index in [0.717, 1.165) is 40.1 Å². The summed E-state index contributed by atoms with van der Waals surface area (Å²) in [5.41, 5.74) is 2.00. The van der Waals surface area contributed by atoms with Crippen molar-refractivity contribution in [3.63, 3.8) is 0 Å². The van der Waals surface area contributed by atoms with E-state index in [2.05, 4.69) is 42.5 Å². The molecule has 5 heteroatoms. The zero-order chi connectivity index (χ0) is 17.2. The van der Waals surface area contributed by atoms with Gasteiger partial charge in [-0.1, -0.05) is 48.5 Å². The maximum absolute atomic E-state index is 11.3. The first-order valence-electron chi connectivity index (χ1n) is 8.36. The molecular weight excluding hydrogens is 336 g/mol. The van der Waals surface area contributed by atoms with Crippen molar-refractivity contribution in [3.05, 3.63) is 59.7 Å². The SMILES string of the molecule is O=S(=O)(O)OC1CCCc2cc3ccc4cccc5ccc(c21)c3c45. The van der Waals surface area contributed by atoms with E-state index < -0.39 is 16.5 Å². The maximum Gasteiger partial charge on any atom is 0.397 e. The van der Waals surface area contributed by atoms with Gasteiger partial charge in [-0.05, 0) is 62.7 Å². The Labute approximate surface area is 145 Å². The highest BCUT2D eigenvalue weighted by Gasteiger charge is 2.28. The molecule has 0 saturated carbocycles. The van der Waals surface area contributed by atoms with Crippen molar-refractivity contribution in [2.75, 3.05) is 0 Å². The van der Waals surface area contributed by atoms with E-state index in [-0.39, 0.29) is 0 Å². The molecule has 0 aliphatic heterocycles. The lowest BCUT2D eigenvalue weighted by atomic mass is 9.82. The molecule has 1 aliphatic rings. The van der Waals surface area contributed by atoms with Crippen LogP contribution in [0.5, 0.6) is 0 Å². The van der Waals surface area contributed by atoms with Crippen LogP contribution < -0.4 is 0 Å². The molecule has 5 rings (SSSR count). The summed E-state index contributed by atoms with van der Waals surface area (Å²) in [7, 11) is -4.50. The van der Waals surface area contributed by atoms with Crippen LogP contribution in [-0.2, 0) is 21.0 Å². The Balaban J connectivity index is 1.91. The van der Waals surface area contributed by atoms with E-state index >= 15 is 0 Å². The molecule has 0 radical (unpaired) electrons. The minimum atomic E-state index is -4.50. The van der Waals surface area contributed by atoms with Gasteiger partial charge in [-0.25, -0.2) is 4.18 Å². The third kappa shape index (κ3) is 2.31. The van der Waals surface area contributed by atoms with Crippen LogP contribution in [0.3, 0.4) is 0 Å². The molecule has 126 valence electrons. The number of rotatable bonds is 2. The molecule has 0 fully saturated rings. The largest absolute Gasteiger partial charge is 0.397 e. The standard InChI is InChI=1S/C20H16O4S/c21-25(22,23)24-17-6-2-5-14-11-15-8-7-12-3-1-4-13-9-10-16(19(14)17)20(15)18(12)13/h1,3-4,7-11,17H,2,5-6H2,(H,21,22,23). The Morgan fingerprint density at radius 2 is 1.68 bits per heavy atom. The molecule has 1 aliphatic carbocycles. The Kier molecular flexibility index (Phi) is 3.10. The highest BCUT2D eigenvalue weighted by atomic mass is 32.3. The maximum atomic E-state index is 11.3. The smallest absolute Gasteiger partial charge is 0.264 e. The Hall–Kier alpha value is -2.21. The van der Waals surface area contributed by atoms with Gasteiger partial charge >= 0.3 is 10.4 Å². The van der Waals surface area contributed by atoms with Crippen molar-refractivity contribution in [2.24, 2.45) is 0 Å². The van der Waals surface area contributed by atoms with Crippen molar-refractivity contribution >= 4 is 42.7 Å². The summed E-state index contributed by atoms with van der Waals surface area (Å²) >= 11 is 0. The van der Waals surface area contributed by atoms with E-state index in [1.807, 2.05) is 6.07 Å². The van der Waals surface area contributed by atoms with Gasteiger partial charge in [-0.3, -0.25) is 4.55 Å². The first-order chi connectivity index (χ1) is 12.0. The van der Waals surface area contributed by atoms with Crippen molar-refractivity contribution < 1.29 is 17.2 Å². The molecule has 0 amide bonds. The fourth-order valence-electron chi connectivity index (χ4n) is 4.34. The van der Waals surface area contributed by atoms with E-state index in [0.29, 0.717) is 6.42 Å². The van der Waals surface area contributed by atoms with Crippen LogP contribution in [0.1, 0.15) is 30.1 Å². The molecule has 1 N–H and O–H groups in total. The molecular formula is C20H16O4S. The third-order valence-electron chi connectivity index (χ3n) is 5.25. The summed E-state index contributed by atoms with van der Waals surface area (Å²) in [5, 5.41) is 6.84. The van der Waals surface area contributed by atoms with Gasteiger partial charge in [0.05, 0.1) is 0 Å². The molecule has 0 saturated heterocycles. The van der Waals surface area contributed by atoms with Crippen LogP contribution in [-0.4, -0.2) is 13.0 Å². The lowest BCUT2D eigenvalue weighted by Gasteiger charge is -2.27. The van der Waals surface area contributed by atoms with Crippen molar-refractivity contribution in [1.29, 1.82) is 0 Å². The van der Waals surface area contributed by atoms with Crippen LogP contribution in [0, 0.1) is 0 Å². The summed E-state index contributed by atoms with van der Waals surface area (Å²) in [4.78, 5) is 0. The molecule has 4 aromatic rings. The van der Waals surface area contributed by atoms with Gasteiger partial charge in [0.1, 0.15) is 6.10 Å². The van der Waals surface area contributed by atoms with Gasteiger partial charge in [-0.15, -0.1) is 0 Å². The number of fused-ring (bicyclic) bond motifs is 2. The highest BCUT2D eigenvalue weighted by Crippen LogP contribution is 2.43. The summed E-state index contributed by atoms with van der Waals surface area (Å²) in [6.07, 6.45) is 1.66. The fraction of sp³-hybridized carbons (Fsp3) is 0.200. The topological polar surface area (TPSA) is 63.6 Å². The van der Waals surface area contributed by atoms with Gasteiger partial charge in [0.15, 0.2) is 0 Å². The minimum absolute atomic E-state index is 0.580. The van der Waals surface area contributed by atoms with Crippen molar-refractivity contribution in [1.82, 2.24) is 0 Å². The predicted molar refractivity (Wildman–Crippen MR) is 98.5 cm³/mol. The summed E-state index contributed by atoms with van der Waals surface area (Å²) in [6.45, 7) is 0. The Bertz CT molecular complexity index is 1210. The van der Waals surface area contributed by atoms with Crippen LogP contribution >= 0.6 is 0 Å². The van der Waals surface area contributed by atoms with Gasteiger partial charge in [0, 0.05) is 0 Å². The van der Waals surface area contributed by atoms with E-state index in [1.165, 1.54) is 16.2 Å². The van der Waals surface area contributed by atoms with E-state index in [9.17, 15) is 13.0 Å². The average Bonchev–Trinajstić information content (AvgIpc) is 2.58. The molecule has 0 bridgehead atoms. The van der Waals surface area contributed by atoms with Crippen LogP contribution in [0.25, 0.3) is 32.3 Å². The van der Waals surface area contributed by atoms with Crippen molar-refractivity contribution in [2.45, 2.75) is 25.4 Å². The molecule has 0 heterocycles. The minimum Gasteiger partial charge on any atom is -0.264 e. The molecule has 1 unspecified atom stereocenters. The summed E-state index contributed by atoms with van der Waals surface area (Å²) < 4.78 is 36.8. The molecule has 4 aromatic carbocycles. The number of benzene rings is 4. The second-order valence-corrected chi connectivity index (χ2v) is 7.76. The predicted octanol–water partition coefficient (Wildman–Crippen LogP) is 4.78. The monoisotopic (exact) mass is 352 g/mol. The highest BCUT2D eigenvalue weighted by molar-refractivity contribution is 7.80. The zero-order valence-electron chi connectivity index (χ0n) is 13.4. The van der Waals surface area contributed by atoms with Gasteiger partial charge in [0.2, 0.25) is 0 Å². The lowest BCUT2D eigenvalue weighted by Crippen LogP contribution is -2.17. The lowest BCUT2D eigenvalue weighted by molar-refractivity contribution is 0.167. The third-order valence-corrected chi connectivity index (χ3v) is 5.72. The molecule has 0 spiro atoms. The quantitative estimate of drug-likeness (QED) is 0.416. The Morgan fingerprint density at radius 3 is 2.44 bits per heavy atom. The fourth-order valence-corrected chi connectivity index (χ4v) is 4.83. The van der Waals surface area contributed by atoms with Gasteiger partial charge in [0.25, 0.3) is 0 Å².